The summed E-state index contributed by atoms with van der Waals surface area (Å²) in [4.78, 5) is 0. The topological polar surface area (TPSA) is 21.3 Å². The first-order valence-electron chi connectivity index (χ1n) is 5.04. The molecule has 0 radical (unpaired) electrons. The fourth-order valence-corrected chi connectivity index (χ4v) is 1.44. The van der Waals surface area contributed by atoms with Crippen molar-refractivity contribution in [2.24, 2.45) is 0 Å². The number of benzene rings is 1. The molecular weight excluding hydrogens is 186 g/mol. The van der Waals surface area contributed by atoms with Gasteiger partial charge in [0, 0.05) is 7.11 Å². The molecule has 2 nitrogen and oxygen atoms in total. The van der Waals surface area contributed by atoms with Gasteiger partial charge in [-0.05, 0) is 12.5 Å². The van der Waals surface area contributed by atoms with Crippen LogP contribution >= 0.6 is 0 Å². The Morgan fingerprint density at radius 3 is 2.60 bits per heavy atom. The molecule has 1 aromatic carbocycles. The van der Waals surface area contributed by atoms with Crippen LogP contribution in [0.5, 0.6) is 0 Å². The molecule has 1 aromatic rings. The molecule has 1 rings (SSSR count). The van der Waals surface area contributed by atoms with Crippen LogP contribution in [0.4, 0.5) is 0 Å². The maximum absolute atomic E-state index is 5.34. The molecule has 0 aliphatic carbocycles. The minimum absolute atomic E-state index is 0.0466. The van der Waals surface area contributed by atoms with Crippen molar-refractivity contribution < 1.29 is 4.74 Å². The molecule has 2 atom stereocenters. The highest BCUT2D eigenvalue weighted by molar-refractivity contribution is 5.19. The molecule has 15 heavy (non-hydrogen) atoms. The van der Waals surface area contributed by atoms with Crippen molar-refractivity contribution in [1.82, 2.24) is 5.32 Å². The van der Waals surface area contributed by atoms with Crippen molar-refractivity contribution in [3.05, 3.63) is 35.9 Å². The molecule has 0 spiro atoms. The van der Waals surface area contributed by atoms with Gasteiger partial charge in [-0.2, -0.15) is 0 Å². The van der Waals surface area contributed by atoms with Gasteiger partial charge in [0.15, 0.2) is 0 Å². The quantitative estimate of drug-likeness (QED) is 0.739. The largest absolute Gasteiger partial charge is 0.383 e. The highest BCUT2D eigenvalue weighted by atomic mass is 16.5. The van der Waals surface area contributed by atoms with Crippen molar-refractivity contribution in [2.45, 2.75) is 19.0 Å². The summed E-state index contributed by atoms with van der Waals surface area (Å²) in [5.41, 5.74) is 1.20. The summed E-state index contributed by atoms with van der Waals surface area (Å²) in [5.74, 6) is 2.66. The first-order valence-corrected chi connectivity index (χ1v) is 5.04. The number of rotatable bonds is 5. The minimum atomic E-state index is 0.0466. The van der Waals surface area contributed by atoms with Crippen molar-refractivity contribution in [2.75, 3.05) is 13.7 Å². The van der Waals surface area contributed by atoms with Gasteiger partial charge >= 0.3 is 0 Å². The Balaban J connectivity index is 2.71. The van der Waals surface area contributed by atoms with Crippen molar-refractivity contribution in [1.29, 1.82) is 0 Å². The summed E-state index contributed by atoms with van der Waals surface area (Å²) >= 11 is 0. The molecule has 0 aromatic heterocycles. The summed E-state index contributed by atoms with van der Waals surface area (Å²) in [6.45, 7) is 2.58. The third kappa shape index (κ3) is 3.75. The molecule has 0 aliphatic rings. The molecule has 0 saturated carbocycles. The lowest BCUT2D eigenvalue weighted by Gasteiger charge is -2.20. The number of ether oxygens (including phenoxy) is 1. The maximum Gasteiger partial charge on any atom is 0.0663 e. The van der Waals surface area contributed by atoms with E-state index < -0.39 is 0 Å². The van der Waals surface area contributed by atoms with Gasteiger partial charge in [0.1, 0.15) is 0 Å². The van der Waals surface area contributed by atoms with E-state index >= 15 is 0 Å². The predicted octanol–water partition coefficient (Wildman–Crippen LogP) is 1.99. The molecule has 0 amide bonds. The lowest BCUT2D eigenvalue weighted by atomic mass is 10.1. The van der Waals surface area contributed by atoms with Crippen molar-refractivity contribution in [3.8, 4) is 12.3 Å². The highest BCUT2D eigenvalue weighted by Gasteiger charge is 2.12. The maximum atomic E-state index is 5.34. The fourth-order valence-electron chi connectivity index (χ4n) is 1.44. The van der Waals surface area contributed by atoms with E-state index in [-0.39, 0.29) is 12.1 Å². The van der Waals surface area contributed by atoms with Crippen molar-refractivity contribution >= 4 is 0 Å². The van der Waals surface area contributed by atoms with E-state index in [1.54, 1.807) is 7.11 Å². The lowest BCUT2D eigenvalue weighted by molar-refractivity contribution is 0.165. The molecule has 2 unspecified atom stereocenters. The van der Waals surface area contributed by atoms with Gasteiger partial charge in [-0.25, -0.2) is 0 Å². The van der Waals surface area contributed by atoms with Crippen LogP contribution in [0.15, 0.2) is 30.3 Å². The van der Waals surface area contributed by atoms with Gasteiger partial charge < -0.3 is 4.74 Å². The van der Waals surface area contributed by atoms with Crippen LogP contribution in [0.3, 0.4) is 0 Å². The van der Waals surface area contributed by atoms with Crippen LogP contribution < -0.4 is 5.32 Å². The second kappa shape index (κ2) is 6.23. The zero-order valence-corrected chi connectivity index (χ0v) is 9.23. The Kier molecular flexibility index (Phi) is 4.89. The van der Waals surface area contributed by atoms with Crippen LogP contribution in [0.25, 0.3) is 0 Å². The number of nitrogens with one attached hydrogen (secondary N) is 1. The van der Waals surface area contributed by atoms with E-state index in [0.717, 1.165) is 0 Å². The van der Waals surface area contributed by atoms with Gasteiger partial charge in [-0.3, -0.25) is 5.32 Å². The van der Waals surface area contributed by atoms with Gasteiger partial charge in [-0.15, -0.1) is 6.42 Å². The molecule has 0 fully saturated rings. The Labute approximate surface area is 91.6 Å². The average Bonchev–Trinajstić information content (AvgIpc) is 2.29. The molecule has 1 N–H and O–H groups in total. The van der Waals surface area contributed by atoms with Gasteiger partial charge in [-0.1, -0.05) is 36.3 Å². The number of terminal acetylenes is 1. The van der Waals surface area contributed by atoms with Crippen molar-refractivity contribution in [3.63, 3.8) is 0 Å². The summed E-state index contributed by atoms with van der Waals surface area (Å²) in [6, 6.07) is 10.4. The van der Waals surface area contributed by atoms with E-state index in [0.29, 0.717) is 6.61 Å². The minimum Gasteiger partial charge on any atom is -0.383 e. The van der Waals surface area contributed by atoms with Crippen LogP contribution in [0, 0.1) is 12.3 Å². The van der Waals surface area contributed by atoms with Crippen LogP contribution in [0.2, 0.25) is 0 Å². The zero-order valence-electron chi connectivity index (χ0n) is 9.23. The van der Waals surface area contributed by atoms with E-state index in [9.17, 15) is 0 Å². The third-order valence-electron chi connectivity index (χ3n) is 2.24. The number of hydrogen-bond donors (Lipinski definition) is 1. The molecule has 0 bridgehead atoms. The predicted molar refractivity (Wildman–Crippen MR) is 62.5 cm³/mol. The third-order valence-corrected chi connectivity index (χ3v) is 2.24. The molecule has 0 heterocycles. The monoisotopic (exact) mass is 203 g/mol. The summed E-state index contributed by atoms with van der Waals surface area (Å²) in [7, 11) is 1.69. The Morgan fingerprint density at radius 2 is 2.07 bits per heavy atom. The fraction of sp³-hybridized carbons (Fsp3) is 0.385. The van der Waals surface area contributed by atoms with E-state index in [1.807, 2.05) is 25.1 Å². The average molecular weight is 203 g/mol. The van der Waals surface area contributed by atoms with E-state index in [2.05, 4.69) is 23.4 Å². The summed E-state index contributed by atoms with van der Waals surface area (Å²) in [5, 5.41) is 3.32. The second-order valence-electron chi connectivity index (χ2n) is 3.47. The lowest BCUT2D eigenvalue weighted by Crippen LogP contribution is -2.32. The van der Waals surface area contributed by atoms with Crippen LogP contribution in [-0.2, 0) is 4.74 Å². The SMILES string of the molecule is C#CC(C)NC(COC)c1ccccc1. The van der Waals surface area contributed by atoms with Gasteiger partial charge in [0.2, 0.25) is 0 Å². The van der Waals surface area contributed by atoms with Crippen LogP contribution in [0.1, 0.15) is 18.5 Å². The first-order chi connectivity index (χ1) is 7.27. The van der Waals surface area contributed by atoms with Gasteiger partial charge in [0.25, 0.3) is 0 Å². The molecule has 80 valence electrons. The molecular formula is C13H17NO. The highest BCUT2D eigenvalue weighted by Crippen LogP contribution is 2.13. The van der Waals surface area contributed by atoms with E-state index in [4.69, 9.17) is 11.2 Å². The van der Waals surface area contributed by atoms with E-state index in [1.165, 1.54) is 5.56 Å². The molecule has 2 heteroatoms. The smallest absolute Gasteiger partial charge is 0.0663 e. The number of methoxy groups -OCH3 is 1. The standard InChI is InChI=1S/C13H17NO/c1-4-11(2)14-13(10-15-3)12-8-6-5-7-9-12/h1,5-9,11,13-14H,10H2,2-3H3. The normalized spacial score (nSPS) is 14.2. The molecule has 0 aliphatic heterocycles. The van der Waals surface area contributed by atoms with Crippen LogP contribution in [-0.4, -0.2) is 19.8 Å². The summed E-state index contributed by atoms with van der Waals surface area (Å²) < 4.78 is 5.17. The number of hydrogen-bond acceptors (Lipinski definition) is 2. The second-order valence-corrected chi connectivity index (χ2v) is 3.47. The van der Waals surface area contributed by atoms with Gasteiger partial charge in [0.05, 0.1) is 18.7 Å². The first kappa shape index (κ1) is 11.8. The molecule has 0 saturated heterocycles. The zero-order chi connectivity index (χ0) is 11.1. The Morgan fingerprint density at radius 1 is 1.40 bits per heavy atom. The Bertz CT molecular complexity index is 315. The summed E-state index contributed by atoms with van der Waals surface area (Å²) in [6.07, 6.45) is 5.34. The Hall–Kier alpha value is -1.30.